The van der Waals surface area contributed by atoms with Crippen LogP contribution in [0.5, 0.6) is 0 Å². The topological polar surface area (TPSA) is 67.8 Å². The largest absolute Gasteiger partial charge is 0.477 e. The molecule has 0 radical (unpaired) electrons. The van der Waals surface area contributed by atoms with Gasteiger partial charge in [-0.05, 0) is 17.0 Å². The molecule has 0 amide bonds. The number of fused-ring (bicyclic) bond motifs is 1. The first-order chi connectivity index (χ1) is 10.2. The van der Waals surface area contributed by atoms with Gasteiger partial charge in [-0.1, -0.05) is 18.2 Å². The van der Waals surface area contributed by atoms with Crippen LogP contribution in [0.15, 0.2) is 24.3 Å². The van der Waals surface area contributed by atoms with E-state index in [0.717, 1.165) is 15.6 Å². The zero-order valence-corrected chi connectivity index (χ0v) is 12.7. The first kappa shape index (κ1) is 15.9. The summed E-state index contributed by atoms with van der Waals surface area (Å²) in [6, 6.07) is 7.76. The van der Waals surface area contributed by atoms with Gasteiger partial charge in [-0.3, -0.25) is 0 Å². The monoisotopic (exact) mass is 309 g/mol. The third kappa shape index (κ3) is 4.25. The summed E-state index contributed by atoms with van der Waals surface area (Å²) in [5.41, 5.74) is 0.847. The lowest BCUT2D eigenvalue weighted by Crippen LogP contribution is -2.21. The third-order valence-corrected chi connectivity index (χ3v) is 4.25. The second-order valence-electron chi connectivity index (χ2n) is 4.49. The van der Waals surface area contributed by atoms with Gasteiger partial charge in [0.15, 0.2) is 0 Å². The molecule has 5 nitrogen and oxygen atoms in total. The minimum absolute atomic E-state index is 0.406. The van der Waals surface area contributed by atoms with Gasteiger partial charge < -0.3 is 19.9 Å². The van der Waals surface area contributed by atoms with Gasteiger partial charge in [0.05, 0.1) is 19.8 Å². The predicted octanol–water partition coefficient (Wildman–Crippen LogP) is 2.35. The Labute approximate surface area is 127 Å². The zero-order chi connectivity index (χ0) is 15.1. The van der Waals surface area contributed by atoms with E-state index in [1.165, 1.54) is 11.3 Å². The molecule has 2 rings (SSSR count). The van der Waals surface area contributed by atoms with E-state index in [0.29, 0.717) is 37.8 Å². The first-order valence-electron chi connectivity index (χ1n) is 6.75. The van der Waals surface area contributed by atoms with Gasteiger partial charge in [0.25, 0.3) is 0 Å². The van der Waals surface area contributed by atoms with E-state index < -0.39 is 5.97 Å². The molecule has 1 aromatic carbocycles. The summed E-state index contributed by atoms with van der Waals surface area (Å²) in [7, 11) is 1.64. The first-order valence-corrected chi connectivity index (χ1v) is 7.56. The van der Waals surface area contributed by atoms with Crippen LogP contribution in [0.3, 0.4) is 0 Å². The zero-order valence-electron chi connectivity index (χ0n) is 11.9. The summed E-state index contributed by atoms with van der Waals surface area (Å²) in [6.07, 6.45) is 0. The normalized spacial score (nSPS) is 11.1. The minimum Gasteiger partial charge on any atom is -0.477 e. The number of hydrogen-bond donors (Lipinski definition) is 2. The van der Waals surface area contributed by atoms with Crippen LogP contribution in [0.1, 0.15) is 15.2 Å². The van der Waals surface area contributed by atoms with Crippen LogP contribution in [-0.2, 0) is 16.0 Å². The van der Waals surface area contributed by atoms with Crippen molar-refractivity contribution in [3.63, 3.8) is 0 Å². The number of benzene rings is 1. The highest BCUT2D eigenvalue weighted by Crippen LogP contribution is 2.31. The van der Waals surface area contributed by atoms with Crippen molar-refractivity contribution in [3.8, 4) is 0 Å². The molecular formula is C15H19NO4S. The Kier molecular flexibility index (Phi) is 6.13. The van der Waals surface area contributed by atoms with Crippen molar-refractivity contribution in [2.75, 3.05) is 33.5 Å². The average molecular weight is 309 g/mol. The number of nitrogens with one attached hydrogen (secondary N) is 1. The van der Waals surface area contributed by atoms with Crippen LogP contribution < -0.4 is 5.32 Å². The summed E-state index contributed by atoms with van der Waals surface area (Å²) in [5, 5.41) is 13.5. The van der Waals surface area contributed by atoms with E-state index in [9.17, 15) is 9.90 Å². The highest BCUT2D eigenvalue weighted by Gasteiger charge is 2.16. The number of ether oxygens (including phenoxy) is 2. The number of carbonyl (C=O) groups is 1. The molecule has 0 spiro atoms. The molecule has 2 N–H and O–H groups in total. The maximum atomic E-state index is 11.3. The molecule has 0 saturated carbocycles. The number of rotatable bonds is 9. The molecule has 2 aromatic rings. The molecule has 21 heavy (non-hydrogen) atoms. The summed E-state index contributed by atoms with van der Waals surface area (Å²) in [6.45, 7) is 2.93. The van der Waals surface area contributed by atoms with Crippen LogP contribution in [0, 0.1) is 0 Å². The van der Waals surface area contributed by atoms with Crippen LogP contribution >= 0.6 is 11.3 Å². The average Bonchev–Trinajstić information content (AvgIpc) is 2.85. The van der Waals surface area contributed by atoms with Crippen LogP contribution in [0.25, 0.3) is 10.1 Å². The smallest absolute Gasteiger partial charge is 0.346 e. The molecule has 6 heteroatoms. The standard InChI is InChI=1S/C15H19NO4S/c1-19-8-9-20-7-6-16-10-12-11-4-2-3-5-13(11)21-14(12)15(17)18/h2-5,16H,6-10H2,1H3,(H,17,18). The SMILES string of the molecule is COCCOCCNCc1c(C(=O)O)sc2ccccc12. The van der Waals surface area contributed by atoms with E-state index in [2.05, 4.69) is 5.32 Å². The Balaban J connectivity index is 1.94. The fourth-order valence-electron chi connectivity index (χ4n) is 2.05. The summed E-state index contributed by atoms with van der Waals surface area (Å²) < 4.78 is 11.2. The number of carboxylic acids is 1. The fourth-order valence-corrected chi connectivity index (χ4v) is 3.11. The van der Waals surface area contributed by atoms with E-state index in [1.54, 1.807) is 7.11 Å². The number of aromatic carboxylic acids is 1. The lowest BCUT2D eigenvalue weighted by Gasteiger charge is -2.06. The van der Waals surface area contributed by atoms with Gasteiger partial charge in [0, 0.05) is 24.9 Å². The van der Waals surface area contributed by atoms with Crippen molar-refractivity contribution in [1.29, 1.82) is 0 Å². The van der Waals surface area contributed by atoms with Gasteiger partial charge in [-0.25, -0.2) is 4.79 Å². The lowest BCUT2D eigenvalue weighted by molar-refractivity contribution is 0.0699. The lowest BCUT2D eigenvalue weighted by atomic mass is 10.1. The van der Waals surface area contributed by atoms with Crippen LogP contribution in [-0.4, -0.2) is 44.6 Å². The van der Waals surface area contributed by atoms with Crippen molar-refractivity contribution >= 4 is 27.4 Å². The fraction of sp³-hybridized carbons (Fsp3) is 0.400. The van der Waals surface area contributed by atoms with E-state index in [-0.39, 0.29) is 0 Å². The van der Waals surface area contributed by atoms with Crippen LogP contribution in [0.2, 0.25) is 0 Å². The molecule has 0 aliphatic heterocycles. The third-order valence-electron chi connectivity index (χ3n) is 3.05. The minimum atomic E-state index is -0.871. The number of carboxylic acid groups (broad SMARTS) is 1. The van der Waals surface area contributed by atoms with Crippen molar-refractivity contribution < 1.29 is 19.4 Å². The second-order valence-corrected chi connectivity index (χ2v) is 5.55. The second kappa shape index (κ2) is 8.09. The summed E-state index contributed by atoms with van der Waals surface area (Å²) >= 11 is 1.32. The predicted molar refractivity (Wildman–Crippen MR) is 83.2 cm³/mol. The summed E-state index contributed by atoms with van der Waals surface area (Å²) in [5.74, 6) is -0.871. The van der Waals surface area contributed by atoms with E-state index >= 15 is 0 Å². The molecule has 114 valence electrons. The molecule has 0 bridgehead atoms. The Morgan fingerprint density at radius 2 is 2.10 bits per heavy atom. The maximum absolute atomic E-state index is 11.3. The Hall–Kier alpha value is -1.47. The molecule has 0 unspecified atom stereocenters. The van der Waals surface area contributed by atoms with Gasteiger partial charge in [-0.2, -0.15) is 0 Å². The number of methoxy groups -OCH3 is 1. The molecule has 0 atom stereocenters. The quantitative estimate of drug-likeness (QED) is 0.696. The molecule has 0 aliphatic carbocycles. The van der Waals surface area contributed by atoms with Gasteiger partial charge >= 0.3 is 5.97 Å². The highest BCUT2D eigenvalue weighted by molar-refractivity contribution is 7.21. The van der Waals surface area contributed by atoms with Gasteiger partial charge in [0.1, 0.15) is 4.88 Å². The van der Waals surface area contributed by atoms with Gasteiger partial charge in [-0.15, -0.1) is 11.3 Å². The Morgan fingerprint density at radius 1 is 1.29 bits per heavy atom. The Bertz CT molecular complexity index is 596. The van der Waals surface area contributed by atoms with Crippen molar-refractivity contribution in [2.24, 2.45) is 0 Å². The Morgan fingerprint density at radius 3 is 2.86 bits per heavy atom. The molecule has 0 saturated heterocycles. The van der Waals surface area contributed by atoms with Crippen molar-refractivity contribution in [1.82, 2.24) is 5.32 Å². The van der Waals surface area contributed by atoms with Crippen molar-refractivity contribution in [2.45, 2.75) is 6.54 Å². The molecule has 0 fully saturated rings. The molecular weight excluding hydrogens is 290 g/mol. The van der Waals surface area contributed by atoms with E-state index in [4.69, 9.17) is 9.47 Å². The summed E-state index contributed by atoms with van der Waals surface area (Å²) in [4.78, 5) is 11.7. The van der Waals surface area contributed by atoms with E-state index in [1.807, 2.05) is 24.3 Å². The molecule has 0 aliphatic rings. The number of hydrogen-bond acceptors (Lipinski definition) is 5. The van der Waals surface area contributed by atoms with Crippen LogP contribution in [0.4, 0.5) is 0 Å². The molecule has 1 aromatic heterocycles. The highest BCUT2D eigenvalue weighted by atomic mass is 32.1. The number of thiophene rings is 1. The van der Waals surface area contributed by atoms with Gasteiger partial charge in [0.2, 0.25) is 0 Å². The van der Waals surface area contributed by atoms with Crippen molar-refractivity contribution in [3.05, 3.63) is 34.7 Å². The maximum Gasteiger partial charge on any atom is 0.346 e. The molecule has 1 heterocycles.